The number of para-hydroxylation sites is 1. The number of nitrogens with zero attached hydrogens (tertiary/aromatic N) is 1. The van der Waals surface area contributed by atoms with Gasteiger partial charge < -0.3 is 18.8 Å². The first kappa shape index (κ1) is 21.2. The number of carbonyl (C=O) groups is 2. The Hall–Kier alpha value is -3.51. The van der Waals surface area contributed by atoms with Crippen molar-refractivity contribution in [3.8, 4) is 17.2 Å². The van der Waals surface area contributed by atoms with E-state index in [-0.39, 0.29) is 5.78 Å². The predicted octanol–water partition coefficient (Wildman–Crippen LogP) is 4.57. The second-order valence-electron chi connectivity index (χ2n) is 6.19. The number of aromatic nitrogens is 1. The normalized spacial score (nSPS) is 10.8. The molecule has 0 saturated heterocycles. The average molecular weight is 426 g/mol. The van der Waals surface area contributed by atoms with Gasteiger partial charge in [0, 0.05) is 28.6 Å². The third-order valence-corrected chi connectivity index (χ3v) is 4.72. The number of halogens is 1. The molecule has 0 unspecified atom stereocenters. The summed E-state index contributed by atoms with van der Waals surface area (Å²) in [5, 5.41) is 0.419. The largest absolute Gasteiger partial charge is 0.493 e. The van der Waals surface area contributed by atoms with Crippen LogP contribution in [0.1, 0.15) is 21.6 Å². The van der Waals surface area contributed by atoms with Gasteiger partial charge in [-0.3, -0.25) is 4.79 Å². The van der Waals surface area contributed by atoms with Crippen LogP contribution in [-0.2, 0) is 9.53 Å². The van der Waals surface area contributed by atoms with E-state index in [1.165, 1.54) is 27.4 Å². The van der Waals surface area contributed by atoms with E-state index in [0.29, 0.717) is 39.0 Å². The molecule has 0 bridgehead atoms. The third-order valence-electron chi connectivity index (χ3n) is 4.48. The zero-order valence-corrected chi connectivity index (χ0v) is 17.5. The van der Waals surface area contributed by atoms with Crippen LogP contribution in [0.2, 0.25) is 5.02 Å². The molecule has 6 nitrogen and oxygen atoms in total. The number of hydrogen-bond donors (Lipinski definition) is 0. The average Bonchev–Trinajstić information content (AvgIpc) is 3.24. The monoisotopic (exact) mass is 425 g/mol. The summed E-state index contributed by atoms with van der Waals surface area (Å²) in [6.45, 7) is 0. The summed E-state index contributed by atoms with van der Waals surface area (Å²) in [5.41, 5.74) is 2.01. The number of benzene rings is 2. The van der Waals surface area contributed by atoms with E-state index in [4.69, 9.17) is 21.1 Å². The van der Waals surface area contributed by atoms with Crippen LogP contribution >= 0.6 is 11.6 Å². The first-order valence-corrected chi connectivity index (χ1v) is 9.37. The Morgan fingerprint density at radius 3 is 2.47 bits per heavy atom. The van der Waals surface area contributed by atoms with Crippen molar-refractivity contribution in [2.75, 3.05) is 21.3 Å². The highest BCUT2D eigenvalue weighted by Crippen LogP contribution is 2.34. The predicted molar refractivity (Wildman–Crippen MR) is 115 cm³/mol. The van der Waals surface area contributed by atoms with Crippen molar-refractivity contribution >= 4 is 29.4 Å². The molecule has 0 saturated carbocycles. The van der Waals surface area contributed by atoms with Gasteiger partial charge in [0.05, 0.1) is 32.6 Å². The van der Waals surface area contributed by atoms with Gasteiger partial charge in [-0.15, -0.1) is 0 Å². The molecule has 0 fully saturated rings. The Labute approximate surface area is 179 Å². The van der Waals surface area contributed by atoms with Gasteiger partial charge in [-0.25, -0.2) is 4.79 Å². The fraction of sp³-hybridized carbons (Fsp3) is 0.130. The fourth-order valence-electron chi connectivity index (χ4n) is 3.08. The van der Waals surface area contributed by atoms with Gasteiger partial charge in [-0.05, 0) is 48.5 Å². The molecule has 1 aromatic heterocycles. The molecule has 0 aliphatic carbocycles. The lowest BCUT2D eigenvalue weighted by molar-refractivity contribution is -0.134. The van der Waals surface area contributed by atoms with Gasteiger partial charge in [-0.1, -0.05) is 17.7 Å². The van der Waals surface area contributed by atoms with E-state index < -0.39 is 5.97 Å². The van der Waals surface area contributed by atoms with Crippen LogP contribution in [0.3, 0.4) is 0 Å². The van der Waals surface area contributed by atoms with Gasteiger partial charge in [0.2, 0.25) is 0 Å². The SMILES string of the molecule is COC(=O)C=Cc1cccn1-c1ccc(Cl)cc1C(=O)c1cccc(OC)c1OC. The van der Waals surface area contributed by atoms with Gasteiger partial charge in [0.25, 0.3) is 0 Å². The maximum absolute atomic E-state index is 13.5. The zero-order valence-electron chi connectivity index (χ0n) is 16.7. The Morgan fingerprint density at radius 1 is 0.967 bits per heavy atom. The second-order valence-corrected chi connectivity index (χ2v) is 6.63. The van der Waals surface area contributed by atoms with Crippen molar-refractivity contribution in [1.29, 1.82) is 0 Å². The quantitative estimate of drug-likeness (QED) is 0.315. The molecule has 3 aromatic rings. The molecule has 0 radical (unpaired) electrons. The zero-order chi connectivity index (χ0) is 21.7. The molecule has 0 atom stereocenters. The Morgan fingerprint density at radius 2 is 1.77 bits per heavy atom. The van der Waals surface area contributed by atoms with Crippen LogP contribution in [-0.4, -0.2) is 37.6 Å². The molecule has 1 heterocycles. The Kier molecular flexibility index (Phi) is 6.59. The van der Waals surface area contributed by atoms with E-state index in [0.717, 1.165) is 0 Å². The standard InChI is InChI=1S/C23H20ClNO5/c1-28-20-8-4-7-17(23(20)30-3)22(27)18-14-15(24)9-11-19(18)25-13-5-6-16(25)10-12-21(26)29-2/h4-14H,1-3H3. The molecule has 0 spiro atoms. The minimum atomic E-state index is -0.476. The Bertz CT molecular complexity index is 1120. The first-order chi connectivity index (χ1) is 14.5. The third kappa shape index (κ3) is 4.23. The highest BCUT2D eigenvalue weighted by molar-refractivity contribution is 6.31. The topological polar surface area (TPSA) is 66.8 Å². The van der Waals surface area contributed by atoms with Crippen molar-refractivity contribution in [2.24, 2.45) is 0 Å². The number of esters is 1. The summed E-state index contributed by atoms with van der Waals surface area (Å²) < 4.78 is 17.2. The van der Waals surface area contributed by atoms with Crippen molar-refractivity contribution in [2.45, 2.75) is 0 Å². The lowest BCUT2D eigenvalue weighted by Gasteiger charge is -2.15. The van der Waals surface area contributed by atoms with Crippen LogP contribution in [0, 0.1) is 0 Å². The number of hydrogen-bond acceptors (Lipinski definition) is 5. The minimum absolute atomic E-state index is 0.278. The van der Waals surface area contributed by atoms with E-state index in [9.17, 15) is 9.59 Å². The molecule has 0 aliphatic rings. The van der Waals surface area contributed by atoms with Crippen molar-refractivity contribution < 1.29 is 23.8 Å². The Balaban J connectivity index is 2.13. The first-order valence-electron chi connectivity index (χ1n) is 8.99. The summed E-state index contributed by atoms with van der Waals surface area (Å²) in [6.07, 6.45) is 4.72. The number of methoxy groups -OCH3 is 3. The molecule has 0 N–H and O–H groups in total. The number of rotatable bonds is 7. The van der Waals surface area contributed by atoms with E-state index in [1.807, 2.05) is 12.1 Å². The minimum Gasteiger partial charge on any atom is -0.493 e. The summed E-state index contributed by atoms with van der Waals surface area (Å²) in [5.74, 6) is 0.0416. The van der Waals surface area contributed by atoms with E-state index >= 15 is 0 Å². The van der Waals surface area contributed by atoms with Gasteiger partial charge in [-0.2, -0.15) is 0 Å². The number of ketones is 1. The molecule has 0 aliphatic heterocycles. The highest BCUT2D eigenvalue weighted by Gasteiger charge is 2.22. The number of carbonyl (C=O) groups excluding carboxylic acids is 2. The van der Waals surface area contributed by atoms with Crippen molar-refractivity contribution in [3.05, 3.63) is 82.6 Å². The molecular formula is C23H20ClNO5. The van der Waals surface area contributed by atoms with E-state index in [1.54, 1.807) is 53.2 Å². The van der Waals surface area contributed by atoms with E-state index in [2.05, 4.69) is 4.74 Å². The maximum atomic E-state index is 13.5. The fourth-order valence-corrected chi connectivity index (χ4v) is 3.25. The van der Waals surface area contributed by atoms with Crippen molar-refractivity contribution in [3.63, 3.8) is 0 Å². The lowest BCUT2D eigenvalue weighted by Crippen LogP contribution is -2.10. The summed E-state index contributed by atoms with van der Waals surface area (Å²) in [7, 11) is 4.30. The van der Waals surface area contributed by atoms with Gasteiger partial charge >= 0.3 is 5.97 Å². The molecule has 2 aromatic carbocycles. The molecule has 7 heteroatoms. The van der Waals surface area contributed by atoms with Crippen LogP contribution in [0.5, 0.6) is 11.5 Å². The maximum Gasteiger partial charge on any atom is 0.330 e. The smallest absolute Gasteiger partial charge is 0.330 e. The van der Waals surface area contributed by atoms with Crippen molar-refractivity contribution in [1.82, 2.24) is 4.57 Å². The van der Waals surface area contributed by atoms with Crippen LogP contribution in [0.4, 0.5) is 0 Å². The summed E-state index contributed by atoms with van der Waals surface area (Å²) in [6, 6.07) is 13.8. The molecule has 3 rings (SSSR count). The molecule has 30 heavy (non-hydrogen) atoms. The molecule has 0 amide bonds. The van der Waals surface area contributed by atoms with Gasteiger partial charge in [0.15, 0.2) is 17.3 Å². The van der Waals surface area contributed by atoms with Crippen LogP contribution in [0.15, 0.2) is 60.8 Å². The van der Waals surface area contributed by atoms with Gasteiger partial charge in [0.1, 0.15) is 0 Å². The second kappa shape index (κ2) is 9.33. The van der Waals surface area contributed by atoms with Crippen LogP contribution < -0.4 is 9.47 Å². The highest BCUT2D eigenvalue weighted by atomic mass is 35.5. The molecule has 154 valence electrons. The summed E-state index contributed by atoms with van der Waals surface area (Å²) >= 11 is 6.21. The lowest BCUT2D eigenvalue weighted by atomic mass is 10.00. The van der Waals surface area contributed by atoms with Crippen LogP contribution in [0.25, 0.3) is 11.8 Å². The molecular weight excluding hydrogens is 406 g/mol. The number of ether oxygens (including phenoxy) is 3. The summed E-state index contributed by atoms with van der Waals surface area (Å²) in [4.78, 5) is 25.0.